The molecule has 0 saturated carbocycles. The summed E-state index contributed by atoms with van der Waals surface area (Å²) in [5.74, 6) is -0.765. The van der Waals surface area contributed by atoms with Gasteiger partial charge in [-0.15, -0.1) is 0 Å². The highest BCUT2D eigenvalue weighted by Crippen LogP contribution is 2.31. The van der Waals surface area contributed by atoms with Gasteiger partial charge in [0, 0.05) is 11.8 Å². The van der Waals surface area contributed by atoms with Crippen LogP contribution < -0.4 is 0 Å². The van der Waals surface area contributed by atoms with E-state index in [1.54, 1.807) is 6.07 Å². The summed E-state index contributed by atoms with van der Waals surface area (Å²) in [6.45, 7) is 0. The fourth-order valence-corrected chi connectivity index (χ4v) is 2.68. The van der Waals surface area contributed by atoms with Crippen LogP contribution in [-0.4, -0.2) is 5.11 Å². The summed E-state index contributed by atoms with van der Waals surface area (Å²) in [5.41, 5.74) is 0.730. The Labute approximate surface area is 128 Å². The van der Waals surface area contributed by atoms with Crippen molar-refractivity contribution in [2.24, 2.45) is 0 Å². The summed E-state index contributed by atoms with van der Waals surface area (Å²) in [6, 6.07) is 10.4. The Bertz CT molecular complexity index is 798. The zero-order valence-electron chi connectivity index (χ0n) is 10.8. The van der Waals surface area contributed by atoms with Crippen LogP contribution in [-0.2, 0) is 6.42 Å². The van der Waals surface area contributed by atoms with Crippen LogP contribution in [0.15, 0.2) is 51.4 Å². The van der Waals surface area contributed by atoms with Crippen molar-refractivity contribution in [3.8, 4) is 0 Å². The summed E-state index contributed by atoms with van der Waals surface area (Å²) in [6.07, 6.45) is -1.10. The van der Waals surface area contributed by atoms with E-state index in [0.29, 0.717) is 11.3 Å². The molecule has 0 bridgehead atoms. The molecule has 0 amide bonds. The average Bonchev–Trinajstić information content (AvgIpc) is 2.88. The van der Waals surface area contributed by atoms with E-state index in [1.807, 2.05) is 18.2 Å². The molecule has 2 aromatic carbocycles. The van der Waals surface area contributed by atoms with Crippen molar-refractivity contribution in [3.05, 3.63) is 69.9 Å². The molecule has 3 rings (SSSR count). The molecular formula is C16H11BrF2O2. The van der Waals surface area contributed by atoms with Crippen molar-refractivity contribution in [2.45, 2.75) is 12.5 Å². The van der Waals surface area contributed by atoms with E-state index in [4.69, 9.17) is 4.42 Å². The molecule has 1 N–H and O–H groups in total. The highest BCUT2D eigenvalue weighted by atomic mass is 79.9. The zero-order chi connectivity index (χ0) is 15.0. The lowest BCUT2D eigenvalue weighted by molar-refractivity contribution is 0.151. The van der Waals surface area contributed by atoms with Crippen LogP contribution in [0.1, 0.15) is 17.4 Å². The van der Waals surface area contributed by atoms with Crippen molar-refractivity contribution in [1.82, 2.24) is 0 Å². The number of aliphatic hydroxyl groups is 1. The molecule has 0 aliphatic heterocycles. The number of hydrogen-bond acceptors (Lipinski definition) is 2. The maximum absolute atomic E-state index is 13.6. The fraction of sp³-hybridized carbons (Fsp3) is 0.125. The van der Waals surface area contributed by atoms with Gasteiger partial charge in [-0.05, 0) is 51.8 Å². The second-order valence-corrected chi connectivity index (χ2v) is 5.62. The first-order valence-electron chi connectivity index (χ1n) is 6.34. The van der Waals surface area contributed by atoms with Gasteiger partial charge in [-0.1, -0.05) is 12.1 Å². The largest absolute Gasteiger partial charge is 0.457 e. The predicted molar refractivity (Wildman–Crippen MR) is 78.9 cm³/mol. The van der Waals surface area contributed by atoms with Gasteiger partial charge in [0.25, 0.3) is 0 Å². The zero-order valence-corrected chi connectivity index (χ0v) is 12.4. The quantitative estimate of drug-likeness (QED) is 0.737. The lowest BCUT2D eigenvalue weighted by Gasteiger charge is -2.08. The number of halogens is 3. The molecule has 1 aromatic heterocycles. The number of benzene rings is 2. The first-order valence-corrected chi connectivity index (χ1v) is 7.14. The lowest BCUT2D eigenvalue weighted by Crippen LogP contribution is -2.03. The maximum atomic E-state index is 13.6. The highest BCUT2D eigenvalue weighted by Gasteiger charge is 2.17. The fourth-order valence-electron chi connectivity index (χ4n) is 2.22. The van der Waals surface area contributed by atoms with Gasteiger partial charge in [0.1, 0.15) is 29.1 Å². The number of aliphatic hydroxyl groups excluding tert-OH is 1. The first-order chi connectivity index (χ1) is 10.0. The number of furan rings is 1. The summed E-state index contributed by atoms with van der Waals surface area (Å²) < 4.78 is 33.1. The molecule has 2 nitrogen and oxygen atoms in total. The Morgan fingerprint density at radius 1 is 1.14 bits per heavy atom. The summed E-state index contributed by atoms with van der Waals surface area (Å²) in [4.78, 5) is 0. The molecule has 0 aliphatic rings. The molecule has 3 aromatic rings. The van der Waals surface area contributed by atoms with Gasteiger partial charge < -0.3 is 9.52 Å². The summed E-state index contributed by atoms with van der Waals surface area (Å²) >= 11 is 3.36. The Morgan fingerprint density at radius 2 is 1.95 bits per heavy atom. The van der Waals surface area contributed by atoms with E-state index in [2.05, 4.69) is 15.9 Å². The van der Waals surface area contributed by atoms with Gasteiger partial charge in [-0.2, -0.15) is 0 Å². The smallest absolute Gasteiger partial charge is 0.148 e. The van der Waals surface area contributed by atoms with Crippen molar-refractivity contribution in [3.63, 3.8) is 0 Å². The molecule has 21 heavy (non-hydrogen) atoms. The molecule has 1 atom stereocenters. The van der Waals surface area contributed by atoms with E-state index in [9.17, 15) is 13.9 Å². The average molecular weight is 353 g/mol. The summed E-state index contributed by atoms with van der Waals surface area (Å²) in [5, 5.41) is 11.0. The molecule has 0 saturated heterocycles. The summed E-state index contributed by atoms with van der Waals surface area (Å²) in [7, 11) is 0. The maximum Gasteiger partial charge on any atom is 0.148 e. The Hall–Kier alpha value is -1.72. The van der Waals surface area contributed by atoms with Gasteiger partial charge in [0.2, 0.25) is 0 Å². The van der Waals surface area contributed by atoms with Crippen molar-refractivity contribution < 1.29 is 18.3 Å². The predicted octanol–water partition coefficient (Wildman–Crippen LogP) is 4.75. The van der Waals surface area contributed by atoms with Crippen LogP contribution in [0.4, 0.5) is 8.78 Å². The molecule has 1 unspecified atom stereocenters. The topological polar surface area (TPSA) is 33.4 Å². The van der Waals surface area contributed by atoms with E-state index in [1.165, 1.54) is 0 Å². The van der Waals surface area contributed by atoms with Crippen LogP contribution in [0.25, 0.3) is 11.0 Å². The van der Waals surface area contributed by atoms with Gasteiger partial charge in [-0.3, -0.25) is 0 Å². The normalized spacial score (nSPS) is 12.8. The minimum Gasteiger partial charge on any atom is -0.457 e. The molecule has 0 fully saturated rings. The minimum absolute atomic E-state index is 0.0545. The van der Waals surface area contributed by atoms with Crippen LogP contribution >= 0.6 is 15.9 Å². The van der Waals surface area contributed by atoms with Crippen molar-refractivity contribution in [1.29, 1.82) is 0 Å². The molecule has 0 radical (unpaired) electrons. The SMILES string of the molecule is OC(Cc1cc(F)ccc1F)c1cc2cccc(Br)c2o1. The highest BCUT2D eigenvalue weighted by molar-refractivity contribution is 9.10. The van der Waals surface area contributed by atoms with Gasteiger partial charge in [-0.25, -0.2) is 8.78 Å². The van der Waals surface area contributed by atoms with Crippen molar-refractivity contribution >= 4 is 26.9 Å². The third kappa shape index (κ3) is 2.84. The number of fused-ring (bicyclic) bond motifs is 1. The van der Waals surface area contributed by atoms with Crippen LogP contribution in [0.3, 0.4) is 0 Å². The van der Waals surface area contributed by atoms with Crippen LogP contribution in [0, 0.1) is 11.6 Å². The number of para-hydroxylation sites is 1. The lowest BCUT2D eigenvalue weighted by atomic mass is 10.1. The van der Waals surface area contributed by atoms with Crippen molar-refractivity contribution in [2.75, 3.05) is 0 Å². The van der Waals surface area contributed by atoms with Crippen LogP contribution in [0.5, 0.6) is 0 Å². The standard InChI is InChI=1S/C16H11BrF2O2/c17-12-3-1-2-9-8-15(21-16(9)12)14(20)7-10-6-11(18)4-5-13(10)19/h1-6,8,14,20H,7H2. The minimum atomic E-state index is -1.04. The van der Waals surface area contributed by atoms with Gasteiger partial charge in [0.15, 0.2) is 0 Å². The molecule has 0 aliphatic carbocycles. The molecule has 0 spiro atoms. The Balaban J connectivity index is 1.91. The second kappa shape index (κ2) is 5.58. The van der Waals surface area contributed by atoms with Crippen LogP contribution in [0.2, 0.25) is 0 Å². The monoisotopic (exact) mass is 352 g/mol. The number of hydrogen-bond donors (Lipinski definition) is 1. The second-order valence-electron chi connectivity index (χ2n) is 4.76. The molecule has 108 valence electrons. The molecule has 5 heteroatoms. The third-order valence-corrected chi connectivity index (χ3v) is 3.89. The van der Waals surface area contributed by atoms with E-state index < -0.39 is 17.7 Å². The molecular weight excluding hydrogens is 342 g/mol. The van der Waals surface area contributed by atoms with E-state index >= 15 is 0 Å². The Kier molecular flexibility index (Phi) is 3.78. The third-order valence-electron chi connectivity index (χ3n) is 3.26. The van der Waals surface area contributed by atoms with Gasteiger partial charge >= 0.3 is 0 Å². The number of rotatable bonds is 3. The van der Waals surface area contributed by atoms with E-state index in [0.717, 1.165) is 28.1 Å². The Morgan fingerprint density at radius 3 is 2.71 bits per heavy atom. The van der Waals surface area contributed by atoms with E-state index in [-0.39, 0.29) is 12.0 Å². The first kappa shape index (κ1) is 14.2. The molecule has 1 heterocycles. The van der Waals surface area contributed by atoms with Gasteiger partial charge in [0.05, 0.1) is 4.47 Å².